The van der Waals surface area contributed by atoms with Crippen molar-refractivity contribution in [3.8, 4) is 0 Å². The highest BCUT2D eigenvalue weighted by molar-refractivity contribution is 5.81. The van der Waals surface area contributed by atoms with Gasteiger partial charge in [-0.3, -0.25) is 10.1 Å². The number of nitrogens with zero attached hydrogens (tertiary/aromatic N) is 1. The largest absolute Gasteiger partial charge is 0.466 e. The van der Waals surface area contributed by atoms with Crippen LogP contribution in [0, 0.1) is 10.1 Å². The molecule has 14 heavy (non-hydrogen) atoms. The van der Waals surface area contributed by atoms with Crippen molar-refractivity contribution in [2.45, 2.75) is 19.8 Å². The number of hydrogen-bond donors (Lipinski definition) is 0. The predicted molar refractivity (Wildman–Crippen MR) is 51.1 cm³/mol. The Balaban J connectivity index is 3.76. The molecule has 0 unspecified atom stereocenters. The highest BCUT2D eigenvalue weighted by Crippen LogP contribution is 1.99. The van der Waals surface area contributed by atoms with Crippen LogP contribution < -0.4 is 0 Å². The molecule has 0 aromatic carbocycles. The van der Waals surface area contributed by atoms with Crippen LogP contribution >= 0.6 is 0 Å². The van der Waals surface area contributed by atoms with Crippen LogP contribution in [0.4, 0.5) is 0 Å². The number of esters is 1. The Bertz CT molecular complexity index is 268. The van der Waals surface area contributed by atoms with Crippen molar-refractivity contribution in [2.75, 3.05) is 7.11 Å². The number of carbonyl (C=O) groups excluding carboxylic acids is 1. The molecule has 0 N–H and O–H groups in total. The van der Waals surface area contributed by atoms with E-state index < -0.39 is 10.9 Å². The van der Waals surface area contributed by atoms with Crippen LogP contribution in [-0.2, 0) is 9.53 Å². The minimum atomic E-state index is -0.440. The van der Waals surface area contributed by atoms with E-state index >= 15 is 0 Å². The first-order valence-electron chi connectivity index (χ1n) is 4.13. The van der Waals surface area contributed by atoms with E-state index in [9.17, 15) is 14.9 Å². The Labute approximate surface area is 82.2 Å². The van der Waals surface area contributed by atoms with Crippen molar-refractivity contribution < 1.29 is 14.5 Å². The molecule has 0 fully saturated rings. The van der Waals surface area contributed by atoms with Crippen molar-refractivity contribution in [1.82, 2.24) is 0 Å². The molecule has 5 heteroatoms. The van der Waals surface area contributed by atoms with Crippen molar-refractivity contribution >= 4 is 5.97 Å². The summed E-state index contributed by atoms with van der Waals surface area (Å²) >= 11 is 0. The number of carbonyl (C=O) groups is 1. The zero-order valence-corrected chi connectivity index (χ0v) is 8.23. The van der Waals surface area contributed by atoms with Crippen LogP contribution in [0.2, 0.25) is 0 Å². The lowest BCUT2D eigenvalue weighted by Crippen LogP contribution is -1.94. The second kappa shape index (κ2) is 6.82. The van der Waals surface area contributed by atoms with Gasteiger partial charge in [-0.2, -0.15) is 0 Å². The standard InChI is InChI=1S/C9H13NO4/c1-8(10(12)13)6-4-3-5-7-9(11)14-2/h5-7H,3-4H2,1-2H3. The Hall–Kier alpha value is -1.65. The fourth-order valence-corrected chi connectivity index (χ4v) is 0.711. The molecule has 0 rings (SSSR count). The molecule has 0 aromatic rings. The van der Waals surface area contributed by atoms with Crippen molar-refractivity contribution in [3.63, 3.8) is 0 Å². The van der Waals surface area contributed by atoms with Gasteiger partial charge >= 0.3 is 5.97 Å². The van der Waals surface area contributed by atoms with Gasteiger partial charge in [0.25, 0.3) is 0 Å². The minimum Gasteiger partial charge on any atom is -0.466 e. The van der Waals surface area contributed by atoms with E-state index in [4.69, 9.17) is 0 Å². The number of hydrogen-bond acceptors (Lipinski definition) is 4. The van der Waals surface area contributed by atoms with E-state index in [-0.39, 0.29) is 5.70 Å². The van der Waals surface area contributed by atoms with Crippen LogP contribution in [-0.4, -0.2) is 18.0 Å². The van der Waals surface area contributed by atoms with E-state index in [1.807, 2.05) is 0 Å². The van der Waals surface area contributed by atoms with Gasteiger partial charge in [0.1, 0.15) is 0 Å². The lowest BCUT2D eigenvalue weighted by molar-refractivity contribution is -0.424. The summed E-state index contributed by atoms with van der Waals surface area (Å²) in [5, 5.41) is 10.2. The summed E-state index contributed by atoms with van der Waals surface area (Å²) in [5.41, 5.74) is 0.122. The average Bonchev–Trinajstić information content (AvgIpc) is 2.16. The molecule has 0 heterocycles. The molecule has 0 atom stereocenters. The van der Waals surface area contributed by atoms with Gasteiger partial charge in [0.15, 0.2) is 0 Å². The number of unbranched alkanes of at least 4 members (excludes halogenated alkanes) is 1. The number of methoxy groups -OCH3 is 1. The number of ether oxygens (including phenoxy) is 1. The Morgan fingerprint density at radius 2 is 2.14 bits per heavy atom. The molecular formula is C9H13NO4. The van der Waals surface area contributed by atoms with Gasteiger partial charge in [-0.25, -0.2) is 4.79 Å². The summed E-state index contributed by atoms with van der Waals surface area (Å²) in [4.78, 5) is 20.3. The second-order valence-electron chi connectivity index (χ2n) is 2.61. The van der Waals surface area contributed by atoms with Gasteiger partial charge in [-0.1, -0.05) is 6.08 Å². The SMILES string of the molecule is COC(=O)C=CCCC=C(C)[N+](=O)[O-]. The Morgan fingerprint density at radius 1 is 1.50 bits per heavy atom. The highest BCUT2D eigenvalue weighted by Gasteiger charge is 1.98. The topological polar surface area (TPSA) is 69.4 Å². The van der Waals surface area contributed by atoms with Crippen molar-refractivity contribution in [2.24, 2.45) is 0 Å². The molecule has 0 aliphatic carbocycles. The van der Waals surface area contributed by atoms with Gasteiger partial charge in [0.05, 0.1) is 12.0 Å². The van der Waals surface area contributed by atoms with E-state index in [1.165, 1.54) is 26.2 Å². The molecule has 78 valence electrons. The maximum atomic E-state index is 10.6. The van der Waals surface area contributed by atoms with Crippen molar-refractivity contribution in [1.29, 1.82) is 0 Å². The second-order valence-corrected chi connectivity index (χ2v) is 2.61. The van der Waals surface area contributed by atoms with Crippen LogP contribution in [0.5, 0.6) is 0 Å². The molecule has 0 spiro atoms. The van der Waals surface area contributed by atoms with Crippen LogP contribution in [0.1, 0.15) is 19.8 Å². The fourth-order valence-electron chi connectivity index (χ4n) is 0.711. The lowest BCUT2D eigenvalue weighted by Gasteiger charge is -1.90. The molecular weight excluding hydrogens is 186 g/mol. The summed E-state index contributed by atoms with van der Waals surface area (Å²) in [5.74, 6) is -0.417. The molecule has 0 bridgehead atoms. The Morgan fingerprint density at radius 3 is 2.64 bits per heavy atom. The fraction of sp³-hybridized carbons (Fsp3) is 0.444. The highest BCUT2D eigenvalue weighted by atomic mass is 16.6. The maximum Gasteiger partial charge on any atom is 0.330 e. The number of rotatable bonds is 5. The normalized spacial score (nSPS) is 11.7. The van der Waals surface area contributed by atoms with E-state index in [0.29, 0.717) is 12.8 Å². The monoisotopic (exact) mass is 199 g/mol. The average molecular weight is 199 g/mol. The summed E-state index contributed by atoms with van der Waals surface area (Å²) in [7, 11) is 1.30. The molecule has 0 aliphatic rings. The Kier molecular flexibility index (Phi) is 6.02. The van der Waals surface area contributed by atoms with Crippen molar-refractivity contribution in [3.05, 3.63) is 34.0 Å². The van der Waals surface area contributed by atoms with Gasteiger partial charge < -0.3 is 4.74 Å². The van der Waals surface area contributed by atoms with E-state index in [1.54, 1.807) is 6.08 Å². The molecule has 0 saturated heterocycles. The quantitative estimate of drug-likeness (QED) is 0.222. The van der Waals surface area contributed by atoms with Gasteiger partial charge in [0.2, 0.25) is 5.70 Å². The molecule has 5 nitrogen and oxygen atoms in total. The zero-order valence-electron chi connectivity index (χ0n) is 8.23. The first kappa shape index (κ1) is 12.3. The molecule has 0 saturated carbocycles. The first-order chi connectivity index (χ1) is 6.57. The summed E-state index contributed by atoms with van der Waals surface area (Å²) in [6.45, 7) is 1.43. The summed E-state index contributed by atoms with van der Waals surface area (Å²) in [6, 6.07) is 0. The number of allylic oxidation sites excluding steroid dienone is 3. The van der Waals surface area contributed by atoms with Crippen LogP contribution in [0.3, 0.4) is 0 Å². The smallest absolute Gasteiger partial charge is 0.330 e. The minimum absolute atomic E-state index is 0.122. The maximum absolute atomic E-state index is 10.6. The number of nitro groups is 1. The molecule has 0 aliphatic heterocycles. The van der Waals surface area contributed by atoms with Gasteiger partial charge in [-0.15, -0.1) is 0 Å². The van der Waals surface area contributed by atoms with Crippen LogP contribution in [0.25, 0.3) is 0 Å². The first-order valence-corrected chi connectivity index (χ1v) is 4.13. The van der Waals surface area contributed by atoms with Crippen LogP contribution in [0.15, 0.2) is 23.9 Å². The summed E-state index contributed by atoms with van der Waals surface area (Å²) in [6.07, 6.45) is 5.56. The van der Waals surface area contributed by atoms with Gasteiger partial charge in [0, 0.05) is 13.0 Å². The molecule has 0 amide bonds. The molecule has 0 radical (unpaired) electrons. The van der Waals surface area contributed by atoms with E-state index in [2.05, 4.69) is 4.74 Å². The molecule has 0 aromatic heterocycles. The third-order valence-corrected chi connectivity index (χ3v) is 1.52. The zero-order chi connectivity index (χ0) is 11.0. The summed E-state index contributed by atoms with van der Waals surface area (Å²) < 4.78 is 4.37. The lowest BCUT2D eigenvalue weighted by atomic mass is 10.2. The van der Waals surface area contributed by atoms with Gasteiger partial charge in [-0.05, 0) is 18.9 Å². The third kappa shape index (κ3) is 5.93. The third-order valence-electron chi connectivity index (χ3n) is 1.52. The van der Waals surface area contributed by atoms with E-state index in [0.717, 1.165) is 0 Å². The predicted octanol–water partition coefficient (Wildman–Crippen LogP) is 1.68.